The lowest BCUT2D eigenvalue weighted by Crippen LogP contribution is -2.50. The van der Waals surface area contributed by atoms with Crippen LogP contribution in [0.3, 0.4) is 0 Å². The van der Waals surface area contributed by atoms with Gasteiger partial charge in [0.05, 0.1) is 21.9 Å². The van der Waals surface area contributed by atoms with Crippen molar-refractivity contribution in [2.45, 2.75) is 46.3 Å². The number of thiazole rings is 1. The largest absolute Gasteiger partial charge is 0.490 e. The summed E-state index contributed by atoms with van der Waals surface area (Å²) in [5, 5.41) is 0.848. The zero-order valence-electron chi connectivity index (χ0n) is 17.5. The number of fused-ring (bicyclic) bond motifs is 1. The van der Waals surface area contributed by atoms with Gasteiger partial charge in [-0.3, -0.25) is 4.79 Å². The lowest BCUT2D eigenvalue weighted by molar-refractivity contribution is 0.0240. The Morgan fingerprint density at radius 2 is 1.83 bits per heavy atom. The quantitative estimate of drug-likeness (QED) is 0.815. The van der Waals surface area contributed by atoms with Crippen LogP contribution in [0.4, 0.5) is 9.93 Å². The van der Waals surface area contributed by atoms with Crippen molar-refractivity contribution in [3.05, 3.63) is 17.7 Å². The molecule has 0 aliphatic carbocycles. The van der Waals surface area contributed by atoms with Crippen molar-refractivity contribution in [2.75, 3.05) is 31.1 Å². The van der Waals surface area contributed by atoms with E-state index in [0.717, 1.165) is 15.3 Å². The van der Waals surface area contributed by atoms with Gasteiger partial charge in [-0.1, -0.05) is 11.3 Å². The summed E-state index contributed by atoms with van der Waals surface area (Å²) in [6.45, 7) is 11.8. The number of primary amides is 1. The fourth-order valence-corrected chi connectivity index (χ4v) is 4.07. The molecule has 2 heterocycles. The van der Waals surface area contributed by atoms with Crippen LogP contribution < -0.4 is 15.4 Å². The third-order valence-electron chi connectivity index (χ3n) is 4.31. The molecule has 0 bridgehead atoms. The SMILES string of the molecule is CC(C)Oc1cc2nc(N3CCN(C(=O)OC(C)(C)C)CC3)sc2cc1C(N)=O. The van der Waals surface area contributed by atoms with Crippen molar-refractivity contribution in [3.8, 4) is 5.75 Å². The molecule has 29 heavy (non-hydrogen) atoms. The molecule has 0 unspecified atom stereocenters. The molecule has 1 saturated heterocycles. The second kappa shape index (κ2) is 8.06. The molecule has 9 heteroatoms. The van der Waals surface area contributed by atoms with E-state index in [9.17, 15) is 9.59 Å². The van der Waals surface area contributed by atoms with Crippen LogP contribution in [0.1, 0.15) is 45.0 Å². The van der Waals surface area contributed by atoms with Crippen molar-refractivity contribution in [3.63, 3.8) is 0 Å². The van der Waals surface area contributed by atoms with E-state index in [1.165, 1.54) is 11.3 Å². The Bertz CT molecular complexity index is 911. The van der Waals surface area contributed by atoms with Gasteiger partial charge in [-0.25, -0.2) is 9.78 Å². The van der Waals surface area contributed by atoms with Gasteiger partial charge >= 0.3 is 6.09 Å². The third-order valence-corrected chi connectivity index (χ3v) is 5.39. The molecule has 0 radical (unpaired) electrons. The molecule has 3 rings (SSSR count). The second-order valence-electron chi connectivity index (χ2n) is 8.30. The summed E-state index contributed by atoms with van der Waals surface area (Å²) in [5.74, 6) is -0.0740. The van der Waals surface area contributed by atoms with Gasteiger partial charge in [0, 0.05) is 32.2 Å². The highest BCUT2D eigenvalue weighted by atomic mass is 32.1. The second-order valence-corrected chi connectivity index (χ2v) is 9.31. The molecule has 1 fully saturated rings. The van der Waals surface area contributed by atoms with E-state index in [1.807, 2.05) is 34.6 Å². The summed E-state index contributed by atoms with van der Waals surface area (Å²) in [6, 6.07) is 3.51. The lowest BCUT2D eigenvalue weighted by atomic mass is 10.2. The Labute approximate surface area is 174 Å². The standard InChI is InChI=1S/C20H28N4O4S/c1-12(2)27-15-11-14-16(10-13(15)17(21)25)29-18(22-14)23-6-8-24(9-7-23)19(26)28-20(3,4)5/h10-12H,6-9H2,1-5H3,(H2,21,25). The maximum absolute atomic E-state index is 12.2. The molecule has 2 aromatic rings. The number of amides is 2. The van der Waals surface area contributed by atoms with Gasteiger partial charge in [0.25, 0.3) is 5.91 Å². The summed E-state index contributed by atoms with van der Waals surface area (Å²) >= 11 is 1.50. The molecular formula is C20H28N4O4S. The van der Waals surface area contributed by atoms with E-state index in [0.29, 0.717) is 37.5 Å². The van der Waals surface area contributed by atoms with E-state index in [2.05, 4.69) is 4.90 Å². The highest BCUT2D eigenvalue weighted by molar-refractivity contribution is 7.22. The Morgan fingerprint density at radius 1 is 1.17 bits per heavy atom. The molecule has 2 amide bonds. The molecule has 0 atom stereocenters. The van der Waals surface area contributed by atoms with Crippen LogP contribution in [-0.2, 0) is 4.74 Å². The highest BCUT2D eigenvalue weighted by Crippen LogP contribution is 2.34. The molecule has 0 spiro atoms. The molecule has 1 aromatic heterocycles. The number of rotatable bonds is 4. The summed E-state index contributed by atoms with van der Waals surface area (Å²) in [6.07, 6.45) is -0.368. The number of hydrogen-bond acceptors (Lipinski definition) is 7. The van der Waals surface area contributed by atoms with Crippen LogP contribution in [0.2, 0.25) is 0 Å². The number of nitrogens with zero attached hydrogens (tertiary/aromatic N) is 3. The first-order chi connectivity index (χ1) is 13.5. The number of ether oxygens (including phenoxy) is 2. The number of carbonyl (C=O) groups excluding carboxylic acids is 2. The van der Waals surface area contributed by atoms with Gasteiger partial charge in [-0.05, 0) is 40.7 Å². The zero-order valence-corrected chi connectivity index (χ0v) is 18.3. The predicted octanol–water partition coefficient (Wildman–Crippen LogP) is 3.24. The topological polar surface area (TPSA) is 98.0 Å². The first-order valence-corrected chi connectivity index (χ1v) is 10.5. The average Bonchev–Trinajstić information content (AvgIpc) is 3.02. The molecule has 1 aliphatic rings. The van der Waals surface area contributed by atoms with Crippen molar-refractivity contribution in [1.29, 1.82) is 0 Å². The molecule has 0 saturated carbocycles. The summed E-state index contributed by atoms with van der Waals surface area (Å²) in [5.41, 5.74) is 6.14. The van der Waals surface area contributed by atoms with Gasteiger partial charge in [-0.15, -0.1) is 0 Å². The van der Waals surface area contributed by atoms with E-state index >= 15 is 0 Å². The van der Waals surface area contributed by atoms with Crippen molar-refractivity contribution in [2.24, 2.45) is 5.73 Å². The molecule has 2 N–H and O–H groups in total. The van der Waals surface area contributed by atoms with Gasteiger partial charge in [0.15, 0.2) is 5.13 Å². The Morgan fingerprint density at radius 3 is 2.38 bits per heavy atom. The van der Waals surface area contributed by atoms with Crippen LogP contribution in [0.15, 0.2) is 12.1 Å². The Hall–Kier alpha value is -2.55. The third kappa shape index (κ3) is 5.09. The average molecular weight is 421 g/mol. The van der Waals surface area contributed by atoms with Crippen LogP contribution >= 0.6 is 11.3 Å². The zero-order chi connectivity index (χ0) is 21.3. The number of piperazine rings is 1. The first kappa shape index (κ1) is 21.2. The maximum atomic E-state index is 12.2. The number of aromatic nitrogens is 1. The minimum absolute atomic E-state index is 0.0791. The molecule has 158 valence electrons. The van der Waals surface area contributed by atoms with Crippen molar-refractivity contribution in [1.82, 2.24) is 9.88 Å². The van der Waals surface area contributed by atoms with Crippen molar-refractivity contribution < 1.29 is 19.1 Å². The molecule has 1 aliphatic heterocycles. The highest BCUT2D eigenvalue weighted by Gasteiger charge is 2.27. The fraction of sp³-hybridized carbons (Fsp3) is 0.550. The van der Waals surface area contributed by atoms with Gasteiger partial charge in [0.1, 0.15) is 11.4 Å². The van der Waals surface area contributed by atoms with Gasteiger partial charge in [0.2, 0.25) is 0 Å². The van der Waals surface area contributed by atoms with Crippen molar-refractivity contribution >= 4 is 38.7 Å². The normalized spacial score (nSPS) is 15.1. The first-order valence-electron chi connectivity index (χ1n) is 9.67. The summed E-state index contributed by atoms with van der Waals surface area (Å²) in [7, 11) is 0. The molecular weight excluding hydrogens is 392 g/mol. The number of anilines is 1. The minimum atomic E-state index is -0.525. The number of nitrogens with two attached hydrogens (primary N) is 1. The Kier molecular flexibility index (Phi) is 5.88. The number of carbonyl (C=O) groups is 2. The van der Waals surface area contributed by atoms with E-state index in [4.69, 9.17) is 20.2 Å². The smallest absolute Gasteiger partial charge is 0.410 e. The number of hydrogen-bond donors (Lipinski definition) is 1. The van der Waals surface area contributed by atoms with E-state index in [-0.39, 0.29) is 12.2 Å². The predicted molar refractivity (Wildman–Crippen MR) is 114 cm³/mol. The van der Waals surface area contributed by atoms with Gasteiger partial charge < -0.3 is 25.0 Å². The number of benzene rings is 1. The minimum Gasteiger partial charge on any atom is -0.490 e. The van der Waals surface area contributed by atoms with Crippen LogP contribution in [-0.4, -0.2) is 59.8 Å². The lowest BCUT2D eigenvalue weighted by Gasteiger charge is -2.35. The summed E-state index contributed by atoms with van der Waals surface area (Å²) in [4.78, 5) is 32.6. The van der Waals surface area contributed by atoms with Crippen LogP contribution in [0, 0.1) is 0 Å². The fourth-order valence-electron chi connectivity index (χ4n) is 3.03. The molecule has 8 nitrogen and oxygen atoms in total. The van der Waals surface area contributed by atoms with E-state index in [1.54, 1.807) is 17.0 Å². The maximum Gasteiger partial charge on any atom is 0.410 e. The van der Waals surface area contributed by atoms with Crippen LogP contribution in [0.5, 0.6) is 5.75 Å². The van der Waals surface area contributed by atoms with E-state index < -0.39 is 11.5 Å². The van der Waals surface area contributed by atoms with Crippen LogP contribution in [0.25, 0.3) is 10.2 Å². The van der Waals surface area contributed by atoms with Gasteiger partial charge in [-0.2, -0.15) is 0 Å². The molecule has 1 aromatic carbocycles. The Balaban J connectivity index is 1.76. The summed E-state index contributed by atoms with van der Waals surface area (Å²) < 4.78 is 12.1. The monoisotopic (exact) mass is 420 g/mol.